The van der Waals surface area contributed by atoms with E-state index in [2.05, 4.69) is 15.6 Å². The second-order valence-corrected chi connectivity index (χ2v) is 4.79. The third-order valence-electron chi connectivity index (χ3n) is 3.11. The third kappa shape index (κ3) is 5.25. The molecule has 116 valence electrons. The van der Waals surface area contributed by atoms with Gasteiger partial charge in [0.25, 0.3) is 5.91 Å². The molecule has 0 saturated heterocycles. The molecule has 2 rings (SSSR count). The fraction of sp³-hybridized carbons (Fsp3) is 0.176. The van der Waals surface area contributed by atoms with Crippen LogP contribution in [0, 0.1) is 11.3 Å². The fourth-order valence-corrected chi connectivity index (χ4v) is 1.87. The Labute approximate surface area is 134 Å². The van der Waals surface area contributed by atoms with Gasteiger partial charge in [-0.2, -0.15) is 5.26 Å². The van der Waals surface area contributed by atoms with E-state index >= 15 is 0 Å². The molecular weight excluding hydrogens is 292 g/mol. The average molecular weight is 308 g/mol. The lowest BCUT2D eigenvalue weighted by Gasteiger charge is -2.06. The minimum absolute atomic E-state index is 0.157. The van der Waals surface area contributed by atoms with Crippen molar-refractivity contribution in [3.05, 3.63) is 65.5 Å². The van der Waals surface area contributed by atoms with Crippen molar-refractivity contribution in [2.75, 3.05) is 6.54 Å². The van der Waals surface area contributed by atoms with Crippen LogP contribution in [0.15, 0.2) is 48.7 Å². The number of carbonyl (C=O) groups is 2. The van der Waals surface area contributed by atoms with Crippen LogP contribution < -0.4 is 10.6 Å². The minimum Gasteiger partial charge on any atom is -0.352 e. The Morgan fingerprint density at radius 3 is 2.52 bits per heavy atom. The molecule has 6 nitrogen and oxygen atoms in total. The minimum atomic E-state index is -0.271. The van der Waals surface area contributed by atoms with Crippen molar-refractivity contribution in [1.29, 1.82) is 5.26 Å². The van der Waals surface area contributed by atoms with E-state index in [1.54, 1.807) is 30.5 Å². The first kappa shape index (κ1) is 16.2. The highest BCUT2D eigenvalue weighted by atomic mass is 16.2. The summed E-state index contributed by atoms with van der Waals surface area (Å²) in [4.78, 5) is 27.7. The first-order valence-corrected chi connectivity index (χ1v) is 7.14. The van der Waals surface area contributed by atoms with Crippen molar-refractivity contribution in [2.24, 2.45) is 0 Å². The number of pyridine rings is 1. The van der Waals surface area contributed by atoms with Crippen LogP contribution in [0.3, 0.4) is 0 Å². The molecule has 0 aliphatic heterocycles. The Hall–Kier alpha value is -3.20. The van der Waals surface area contributed by atoms with Gasteiger partial charge >= 0.3 is 0 Å². The van der Waals surface area contributed by atoms with Crippen molar-refractivity contribution in [3.63, 3.8) is 0 Å². The van der Waals surface area contributed by atoms with Crippen LogP contribution in [-0.4, -0.2) is 23.3 Å². The van der Waals surface area contributed by atoms with Crippen molar-refractivity contribution >= 4 is 11.8 Å². The molecule has 0 saturated carbocycles. The van der Waals surface area contributed by atoms with Crippen LogP contribution in [0.2, 0.25) is 0 Å². The highest BCUT2D eigenvalue weighted by molar-refractivity contribution is 5.94. The molecule has 0 fully saturated rings. The van der Waals surface area contributed by atoms with Crippen molar-refractivity contribution < 1.29 is 9.59 Å². The number of nitriles is 1. The van der Waals surface area contributed by atoms with Gasteiger partial charge in [0, 0.05) is 24.7 Å². The number of nitrogens with zero attached hydrogens (tertiary/aromatic N) is 2. The predicted molar refractivity (Wildman–Crippen MR) is 84.2 cm³/mol. The zero-order valence-corrected chi connectivity index (χ0v) is 12.5. The number of benzene rings is 1. The normalized spacial score (nSPS) is 9.70. The Kier molecular flexibility index (Phi) is 5.83. The van der Waals surface area contributed by atoms with Crippen molar-refractivity contribution in [3.8, 4) is 6.07 Å². The van der Waals surface area contributed by atoms with Crippen LogP contribution in [0.25, 0.3) is 0 Å². The number of carbonyl (C=O) groups excluding carboxylic acids is 2. The molecule has 0 aliphatic rings. The van der Waals surface area contributed by atoms with Gasteiger partial charge in [-0.25, -0.2) is 0 Å². The van der Waals surface area contributed by atoms with Crippen molar-refractivity contribution in [2.45, 2.75) is 13.0 Å². The zero-order valence-electron chi connectivity index (χ0n) is 12.5. The molecule has 6 heteroatoms. The van der Waals surface area contributed by atoms with Gasteiger partial charge in [-0.1, -0.05) is 6.07 Å². The quantitative estimate of drug-likeness (QED) is 0.843. The summed E-state index contributed by atoms with van der Waals surface area (Å²) in [6.07, 6.45) is 1.86. The highest BCUT2D eigenvalue weighted by Crippen LogP contribution is 2.03. The van der Waals surface area contributed by atoms with E-state index < -0.39 is 0 Å². The summed E-state index contributed by atoms with van der Waals surface area (Å²) in [6.45, 7) is 0.607. The van der Waals surface area contributed by atoms with Gasteiger partial charge < -0.3 is 10.6 Å². The second-order valence-electron chi connectivity index (χ2n) is 4.79. The molecule has 0 unspecified atom stereocenters. The number of amides is 2. The molecule has 0 atom stereocenters. The lowest BCUT2D eigenvalue weighted by atomic mass is 10.1. The fourth-order valence-electron chi connectivity index (χ4n) is 1.87. The van der Waals surface area contributed by atoms with Gasteiger partial charge in [0.2, 0.25) is 5.91 Å². The largest absolute Gasteiger partial charge is 0.352 e. The lowest BCUT2D eigenvalue weighted by Crippen LogP contribution is -2.30. The predicted octanol–water partition coefficient (Wildman–Crippen LogP) is 1.39. The molecule has 2 amide bonds. The summed E-state index contributed by atoms with van der Waals surface area (Å²) in [5.41, 5.74) is 1.73. The molecule has 0 aliphatic carbocycles. The Balaban J connectivity index is 1.70. The molecule has 1 heterocycles. The maximum atomic E-state index is 11.9. The molecule has 1 aromatic heterocycles. The third-order valence-corrected chi connectivity index (χ3v) is 3.11. The number of hydrogen-bond acceptors (Lipinski definition) is 4. The van der Waals surface area contributed by atoms with Gasteiger partial charge in [-0.05, 0) is 36.4 Å². The molecule has 23 heavy (non-hydrogen) atoms. The van der Waals surface area contributed by atoms with E-state index in [1.165, 1.54) is 0 Å². The maximum Gasteiger partial charge on any atom is 0.251 e. The van der Waals surface area contributed by atoms with E-state index in [9.17, 15) is 9.59 Å². The van der Waals surface area contributed by atoms with Crippen molar-refractivity contribution in [1.82, 2.24) is 15.6 Å². The summed E-state index contributed by atoms with van der Waals surface area (Å²) in [5.74, 6) is -0.428. The Bertz CT molecular complexity index is 706. The number of rotatable bonds is 6. The highest BCUT2D eigenvalue weighted by Gasteiger charge is 2.07. The van der Waals surface area contributed by atoms with Crippen LogP contribution in [0.4, 0.5) is 0 Å². The number of nitrogens with one attached hydrogen (secondary N) is 2. The van der Waals surface area contributed by atoms with Gasteiger partial charge in [-0.15, -0.1) is 0 Å². The van der Waals surface area contributed by atoms with Gasteiger partial charge in [0.1, 0.15) is 0 Å². The van der Waals surface area contributed by atoms with Gasteiger partial charge in [-0.3, -0.25) is 14.6 Å². The van der Waals surface area contributed by atoms with E-state index in [0.717, 1.165) is 5.69 Å². The molecule has 0 radical (unpaired) electrons. The summed E-state index contributed by atoms with van der Waals surface area (Å²) in [5, 5.41) is 14.1. The summed E-state index contributed by atoms with van der Waals surface area (Å²) >= 11 is 0. The summed E-state index contributed by atoms with van der Waals surface area (Å²) in [7, 11) is 0. The van der Waals surface area contributed by atoms with Crippen LogP contribution in [0.5, 0.6) is 0 Å². The summed E-state index contributed by atoms with van der Waals surface area (Å²) < 4.78 is 0. The molecule has 0 bridgehead atoms. The SMILES string of the molecule is N#Cc1ccc(C(=O)NCCC(=O)NCc2ccccn2)cc1. The molecule has 0 spiro atoms. The molecular formula is C17H16N4O2. The molecule has 2 aromatic rings. The topological polar surface area (TPSA) is 94.9 Å². The van der Waals surface area contributed by atoms with E-state index in [0.29, 0.717) is 17.7 Å². The van der Waals surface area contributed by atoms with E-state index in [4.69, 9.17) is 5.26 Å². The van der Waals surface area contributed by atoms with E-state index in [1.807, 2.05) is 24.3 Å². The monoisotopic (exact) mass is 308 g/mol. The Morgan fingerprint density at radius 1 is 1.09 bits per heavy atom. The van der Waals surface area contributed by atoms with Crippen LogP contribution in [0.1, 0.15) is 28.0 Å². The number of aromatic nitrogens is 1. The Morgan fingerprint density at radius 2 is 1.87 bits per heavy atom. The van der Waals surface area contributed by atoms with E-state index in [-0.39, 0.29) is 24.8 Å². The molecule has 2 N–H and O–H groups in total. The second kappa shape index (κ2) is 8.29. The first-order valence-electron chi connectivity index (χ1n) is 7.14. The summed E-state index contributed by atoms with van der Waals surface area (Å²) in [6, 6.07) is 13.8. The first-order chi connectivity index (χ1) is 11.2. The van der Waals surface area contributed by atoms with Gasteiger partial charge in [0.15, 0.2) is 0 Å². The average Bonchev–Trinajstić information content (AvgIpc) is 2.61. The van der Waals surface area contributed by atoms with Crippen LogP contribution >= 0.6 is 0 Å². The lowest BCUT2D eigenvalue weighted by molar-refractivity contribution is -0.121. The molecule has 1 aromatic carbocycles. The zero-order chi connectivity index (χ0) is 16.5. The van der Waals surface area contributed by atoms with Crippen LogP contribution in [-0.2, 0) is 11.3 Å². The maximum absolute atomic E-state index is 11.9. The smallest absolute Gasteiger partial charge is 0.251 e. The standard InChI is InChI=1S/C17H16N4O2/c18-11-13-4-6-14(7-5-13)17(23)20-10-8-16(22)21-12-15-3-1-2-9-19-15/h1-7,9H,8,10,12H2,(H,20,23)(H,21,22). The van der Waals surface area contributed by atoms with Gasteiger partial charge in [0.05, 0.1) is 23.9 Å². The number of hydrogen-bond donors (Lipinski definition) is 2.